The summed E-state index contributed by atoms with van der Waals surface area (Å²) in [6.45, 7) is 6.28. The van der Waals surface area contributed by atoms with Crippen LogP contribution in [0.5, 0.6) is 0 Å². The summed E-state index contributed by atoms with van der Waals surface area (Å²) < 4.78 is 5.31. The molecule has 0 aliphatic carbocycles. The molecule has 0 aliphatic rings. The predicted octanol–water partition coefficient (Wildman–Crippen LogP) is 3.04. The molecule has 0 spiro atoms. The zero-order valence-corrected chi connectivity index (χ0v) is 12.7. The molecule has 2 N–H and O–H groups in total. The Labute approximate surface area is 154 Å². The zero-order valence-electron chi connectivity index (χ0n) is 12.7. The molecule has 0 bridgehead atoms. The molecule has 22 heavy (non-hydrogen) atoms. The Morgan fingerprint density at radius 1 is 0.909 bits per heavy atom. The fourth-order valence-electron chi connectivity index (χ4n) is 1.45. The molecule has 0 saturated heterocycles. The molecule has 1 rings (SSSR count). The fraction of sp³-hybridized carbons (Fsp3) is 0.500. The number of unbranched alkanes of at least 4 members (excludes halogenated alkanes) is 2. The van der Waals surface area contributed by atoms with Crippen LogP contribution in [0.1, 0.15) is 60.2 Å². The molecule has 0 unspecified atom stereocenters. The van der Waals surface area contributed by atoms with E-state index >= 15 is 0 Å². The molecule has 6 heteroatoms. The van der Waals surface area contributed by atoms with E-state index in [1.54, 1.807) is 0 Å². The molecule has 0 heterocycles. The molecule has 0 fully saturated rings. The summed E-state index contributed by atoms with van der Waals surface area (Å²) in [5.41, 5.74) is -0.380. The maximum absolute atomic E-state index is 10.5. The van der Waals surface area contributed by atoms with Crippen LogP contribution in [-0.2, 0) is 4.74 Å². The molecule has 0 saturated carbocycles. The molecular weight excluding hydrogens is 295 g/mol. The molecule has 0 radical (unpaired) electrons. The van der Waals surface area contributed by atoms with Crippen LogP contribution in [0.3, 0.4) is 0 Å². The predicted molar refractivity (Wildman–Crippen MR) is 88.1 cm³/mol. The molecule has 0 aliphatic heterocycles. The van der Waals surface area contributed by atoms with Crippen molar-refractivity contribution < 1.29 is 24.5 Å². The summed E-state index contributed by atoms with van der Waals surface area (Å²) in [6, 6.07) is 5.48. The van der Waals surface area contributed by atoms with Gasteiger partial charge in [-0.1, -0.05) is 38.8 Å². The monoisotopic (exact) mass is 320 g/mol. The fourth-order valence-corrected chi connectivity index (χ4v) is 1.45. The van der Waals surface area contributed by atoms with E-state index in [1.165, 1.54) is 49.9 Å². The Balaban J connectivity index is 0. The Morgan fingerprint density at radius 3 is 1.55 bits per heavy atom. The van der Waals surface area contributed by atoms with Gasteiger partial charge < -0.3 is 14.9 Å². The first-order valence-corrected chi connectivity index (χ1v) is 7.17. The molecule has 0 aromatic heterocycles. The summed E-state index contributed by atoms with van der Waals surface area (Å²) in [6.07, 6.45) is 4.91. The Hall–Kier alpha value is -0.880. The third-order valence-electron chi connectivity index (χ3n) is 2.67. The van der Waals surface area contributed by atoms with Crippen LogP contribution in [0.25, 0.3) is 0 Å². The number of hydrogen-bond donors (Lipinski definition) is 2. The second-order valence-corrected chi connectivity index (χ2v) is 4.48. The zero-order chi connectivity index (χ0) is 16.1. The number of carboxylic acids is 2. The Kier molecular flexibility index (Phi) is 16.0. The summed E-state index contributed by atoms with van der Waals surface area (Å²) >= 11 is 0. The Morgan fingerprint density at radius 2 is 1.27 bits per heavy atom. The maximum atomic E-state index is 10.5. The summed E-state index contributed by atoms with van der Waals surface area (Å²) in [4.78, 5) is 20.9. The average molecular weight is 320 g/mol. The number of ether oxygens (including phenoxy) is 1. The van der Waals surface area contributed by atoms with Crippen LogP contribution in [0.4, 0.5) is 0 Å². The van der Waals surface area contributed by atoms with E-state index in [1.807, 2.05) is 0 Å². The SMILES string of the molecule is CCCCOCCCC.O=C(O)c1ccccc1C(=O)O.[NaH]. The van der Waals surface area contributed by atoms with E-state index < -0.39 is 11.9 Å². The molecule has 120 valence electrons. The van der Waals surface area contributed by atoms with Gasteiger partial charge in [0.15, 0.2) is 0 Å². The molecule has 0 atom stereocenters. The van der Waals surface area contributed by atoms with Crippen molar-refractivity contribution >= 4 is 41.5 Å². The van der Waals surface area contributed by atoms with Gasteiger partial charge in [0, 0.05) is 13.2 Å². The standard InChI is InChI=1S/C8H6O4.C8H18O.Na.H/c9-7(10)5-3-1-2-4-6(5)8(11)12;1-3-5-7-9-8-6-4-2;;/h1-4H,(H,9,10)(H,11,12);3-8H2,1-2H3;;. The van der Waals surface area contributed by atoms with Crippen LogP contribution in [0, 0.1) is 0 Å². The molecule has 5 nitrogen and oxygen atoms in total. The van der Waals surface area contributed by atoms with Gasteiger partial charge in [-0.25, -0.2) is 9.59 Å². The molecule has 1 aromatic rings. The molecule has 1 aromatic carbocycles. The van der Waals surface area contributed by atoms with Gasteiger partial charge in [0.1, 0.15) is 0 Å². The Bertz CT molecular complexity index is 395. The normalized spacial score (nSPS) is 9.18. The summed E-state index contributed by atoms with van der Waals surface area (Å²) in [5.74, 6) is -2.46. The second kappa shape index (κ2) is 15.0. The van der Waals surface area contributed by atoms with Crippen molar-refractivity contribution in [3.8, 4) is 0 Å². The van der Waals surface area contributed by atoms with Gasteiger partial charge in [0.05, 0.1) is 11.1 Å². The van der Waals surface area contributed by atoms with E-state index in [9.17, 15) is 9.59 Å². The van der Waals surface area contributed by atoms with Crippen molar-refractivity contribution in [2.45, 2.75) is 39.5 Å². The van der Waals surface area contributed by atoms with Crippen molar-refractivity contribution in [3.05, 3.63) is 35.4 Å². The van der Waals surface area contributed by atoms with Crippen molar-refractivity contribution in [2.75, 3.05) is 13.2 Å². The van der Waals surface area contributed by atoms with E-state index in [0.717, 1.165) is 13.2 Å². The van der Waals surface area contributed by atoms with Crippen LogP contribution in [-0.4, -0.2) is 64.9 Å². The number of aromatic carboxylic acids is 2. The van der Waals surface area contributed by atoms with Crippen LogP contribution >= 0.6 is 0 Å². The summed E-state index contributed by atoms with van der Waals surface area (Å²) in [5, 5.41) is 17.1. The van der Waals surface area contributed by atoms with Gasteiger partial charge >= 0.3 is 41.5 Å². The number of benzene rings is 1. The van der Waals surface area contributed by atoms with Gasteiger partial charge in [-0.2, -0.15) is 0 Å². The van der Waals surface area contributed by atoms with Gasteiger partial charge in [-0.05, 0) is 25.0 Å². The molecular formula is C16H25NaO5. The van der Waals surface area contributed by atoms with E-state index in [-0.39, 0.29) is 40.7 Å². The number of hydrogen-bond acceptors (Lipinski definition) is 3. The van der Waals surface area contributed by atoms with Gasteiger partial charge in [-0.3, -0.25) is 0 Å². The van der Waals surface area contributed by atoms with Crippen LogP contribution in [0.2, 0.25) is 0 Å². The first-order chi connectivity index (χ1) is 10.0. The van der Waals surface area contributed by atoms with Crippen molar-refractivity contribution in [3.63, 3.8) is 0 Å². The number of rotatable bonds is 8. The van der Waals surface area contributed by atoms with E-state index in [4.69, 9.17) is 14.9 Å². The van der Waals surface area contributed by atoms with Gasteiger partial charge in [0.2, 0.25) is 0 Å². The van der Waals surface area contributed by atoms with Crippen molar-refractivity contribution in [1.82, 2.24) is 0 Å². The first kappa shape index (κ1) is 23.4. The molecule has 0 amide bonds. The van der Waals surface area contributed by atoms with Crippen molar-refractivity contribution in [1.29, 1.82) is 0 Å². The summed E-state index contributed by atoms with van der Waals surface area (Å²) in [7, 11) is 0. The second-order valence-electron chi connectivity index (χ2n) is 4.48. The minimum atomic E-state index is -1.23. The van der Waals surface area contributed by atoms with Gasteiger partial charge in [0.25, 0.3) is 0 Å². The van der Waals surface area contributed by atoms with E-state index in [2.05, 4.69) is 13.8 Å². The van der Waals surface area contributed by atoms with Gasteiger partial charge in [-0.15, -0.1) is 0 Å². The average Bonchev–Trinajstić information content (AvgIpc) is 2.48. The van der Waals surface area contributed by atoms with Crippen LogP contribution < -0.4 is 0 Å². The first-order valence-electron chi connectivity index (χ1n) is 7.17. The number of carbonyl (C=O) groups is 2. The third-order valence-corrected chi connectivity index (χ3v) is 2.67. The number of carboxylic acid groups (broad SMARTS) is 2. The minimum absolute atomic E-state index is 0. The van der Waals surface area contributed by atoms with Crippen LogP contribution in [0.15, 0.2) is 24.3 Å². The van der Waals surface area contributed by atoms with E-state index in [0.29, 0.717) is 0 Å². The topological polar surface area (TPSA) is 83.8 Å². The quantitative estimate of drug-likeness (QED) is 0.568. The third kappa shape index (κ3) is 10.8. The van der Waals surface area contributed by atoms with Crippen molar-refractivity contribution in [2.24, 2.45) is 0 Å².